The highest BCUT2D eigenvalue weighted by Crippen LogP contribution is 2.29. The van der Waals surface area contributed by atoms with Crippen molar-refractivity contribution in [2.45, 2.75) is 51.6 Å². The van der Waals surface area contributed by atoms with Crippen LogP contribution in [0.3, 0.4) is 0 Å². The Morgan fingerprint density at radius 1 is 1.20 bits per heavy atom. The summed E-state index contributed by atoms with van der Waals surface area (Å²) in [6.07, 6.45) is 4.67. The minimum absolute atomic E-state index is 0.209. The van der Waals surface area contributed by atoms with Crippen molar-refractivity contribution in [3.8, 4) is 10.6 Å². The molecule has 0 unspecified atom stereocenters. The number of nitrogens with one attached hydrogen (secondary N) is 1. The van der Waals surface area contributed by atoms with Crippen LogP contribution in [0.5, 0.6) is 0 Å². The van der Waals surface area contributed by atoms with Gasteiger partial charge >= 0.3 is 0 Å². The second-order valence-corrected chi connectivity index (χ2v) is 7.73. The van der Waals surface area contributed by atoms with Crippen molar-refractivity contribution in [2.75, 3.05) is 0 Å². The molecule has 0 amide bonds. The molecule has 0 atom stereocenters. The summed E-state index contributed by atoms with van der Waals surface area (Å²) in [5, 5.41) is 4.66. The summed E-state index contributed by atoms with van der Waals surface area (Å²) in [6, 6.07) is 9.58. The number of hydrogen-bond acceptors (Lipinski definition) is 3. The molecule has 106 valence electrons. The van der Waals surface area contributed by atoms with Crippen LogP contribution in [-0.2, 0) is 12.0 Å². The van der Waals surface area contributed by atoms with Crippen LogP contribution in [0.2, 0.25) is 0 Å². The quantitative estimate of drug-likeness (QED) is 0.903. The first kappa shape index (κ1) is 13.8. The Morgan fingerprint density at radius 2 is 1.90 bits per heavy atom. The summed E-state index contributed by atoms with van der Waals surface area (Å²) in [7, 11) is 0. The highest BCUT2D eigenvalue weighted by molar-refractivity contribution is 7.15. The van der Waals surface area contributed by atoms with Crippen LogP contribution in [0.4, 0.5) is 0 Å². The SMILES string of the molecule is CC(C)(C)c1ccc(-c2ncc(CNC3CC3)s2)cc1. The molecule has 0 radical (unpaired) electrons. The third-order valence-corrected chi connectivity index (χ3v) is 4.74. The van der Waals surface area contributed by atoms with Crippen LogP contribution < -0.4 is 5.32 Å². The normalized spacial score (nSPS) is 15.6. The fourth-order valence-electron chi connectivity index (χ4n) is 2.17. The van der Waals surface area contributed by atoms with Crippen molar-refractivity contribution in [2.24, 2.45) is 0 Å². The molecule has 1 saturated carbocycles. The molecule has 0 saturated heterocycles. The van der Waals surface area contributed by atoms with Crippen LogP contribution in [0.1, 0.15) is 44.1 Å². The van der Waals surface area contributed by atoms with Crippen LogP contribution in [0.15, 0.2) is 30.5 Å². The van der Waals surface area contributed by atoms with Crippen molar-refractivity contribution in [3.63, 3.8) is 0 Å². The molecular formula is C17H22N2S. The molecule has 1 aromatic heterocycles. The van der Waals surface area contributed by atoms with Crippen molar-refractivity contribution >= 4 is 11.3 Å². The van der Waals surface area contributed by atoms with Gasteiger partial charge in [-0.2, -0.15) is 0 Å². The van der Waals surface area contributed by atoms with E-state index < -0.39 is 0 Å². The Kier molecular flexibility index (Phi) is 3.65. The van der Waals surface area contributed by atoms with E-state index >= 15 is 0 Å². The van der Waals surface area contributed by atoms with Gasteiger partial charge in [0.05, 0.1) is 0 Å². The summed E-state index contributed by atoms with van der Waals surface area (Å²) < 4.78 is 0. The molecule has 2 nitrogen and oxygen atoms in total. The topological polar surface area (TPSA) is 24.9 Å². The van der Waals surface area contributed by atoms with Gasteiger partial charge in [0.2, 0.25) is 0 Å². The highest BCUT2D eigenvalue weighted by Gasteiger charge is 2.20. The van der Waals surface area contributed by atoms with Crippen LogP contribution >= 0.6 is 11.3 Å². The van der Waals surface area contributed by atoms with E-state index in [0.29, 0.717) is 0 Å². The highest BCUT2D eigenvalue weighted by atomic mass is 32.1. The number of rotatable bonds is 4. The Morgan fingerprint density at radius 3 is 2.50 bits per heavy atom. The first-order chi connectivity index (χ1) is 9.52. The zero-order valence-electron chi connectivity index (χ0n) is 12.4. The Bertz CT molecular complexity index is 574. The average Bonchev–Trinajstić information content (AvgIpc) is 3.13. The van der Waals surface area contributed by atoms with Crippen molar-refractivity contribution in [3.05, 3.63) is 40.9 Å². The van der Waals surface area contributed by atoms with Gasteiger partial charge in [0.25, 0.3) is 0 Å². The van der Waals surface area contributed by atoms with E-state index in [4.69, 9.17) is 0 Å². The molecule has 1 aliphatic carbocycles. The van der Waals surface area contributed by atoms with Crippen molar-refractivity contribution in [1.82, 2.24) is 10.3 Å². The number of benzene rings is 1. The van der Waals surface area contributed by atoms with E-state index in [0.717, 1.165) is 17.6 Å². The second-order valence-electron chi connectivity index (χ2n) is 6.61. The van der Waals surface area contributed by atoms with E-state index in [1.54, 1.807) is 11.3 Å². The minimum Gasteiger partial charge on any atom is -0.309 e. The molecule has 0 bridgehead atoms. The fraction of sp³-hybridized carbons (Fsp3) is 0.471. The molecule has 1 N–H and O–H groups in total. The Labute approximate surface area is 125 Å². The first-order valence-electron chi connectivity index (χ1n) is 7.31. The molecule has 1 fully saturated rings. The zero-order valence-corrected chi connectivity index (χ0v) is 13.3. The number of nitrogens with zero attached hydrogens (tertiary/aromatic N) is 1. The maximum absolute atomic E-state index is 4.56. The van der Waals surface area contributed by atoms with Gasteiger partial charge in [0.15, 0.2) is 0 Å². The molecule has 1 aliphatic rings. The molecule has 0 aliphatic heterocycles. The Hall–Kier alpha value is -1.19. The lowest BCUT2D eigenvalue weighted by Crippen LogP contribution is -2.14. The minimum atomic E-state index is 0.209. The van der Waals surface area contributed by atoms with Gasteiger partial charge < -0.3 is 5.32 Å². The predicted molar refractivity (Wildman–Crippen MR) is 86.1 cm³/mol. The van der Waals surface area contributed by atoms with Crippen LogP contribution in [0, 0.1) is 0 Å². The molecule has 3 heteroatoms. The van der Waals surface area contributed by atoms with Crippen LogP contribution in [0.25, 0.3) is 10.6 Å². The number of hydrogen-bond donors (Lipinski definition) is 1. The van der Waals surface area contributed by atoms with Gasteiger partial charge in [-0.1, -0.05) is 45.0 Å². The van der Waals surface area contributed by atoms with Gasteiger partial charge in [-0.05, 0) is 23.8 Å². The lowest BCUT2D eigenvalue weighted by molar-refractivity contribution is 0.590. The second kappa shape index (κ2) is 5.30. The smallest absolute Gasteiger partial charge is 0.123 e. The third-order valence-electron chi connectivity index (χ3n) is 3.69. The third kappa shape index (κ3) is 3.28. The lowest BCUT2D eigenvalue weighted by atomic mass is 9.87. The van der Waals surface area contributed by atoms with Gasteiger partial charge in [-0.25, -0.2) is 4.98 Å². The molecule has 3 rings (SSSR count). The largest absolute Gasteiger partial charge is 0.309 e. The predicted octanol–water partition coefficient (Wildman–Crippen LogP) is 4.36. The summed E-state index contributed by atoms with van der Waals surface area (Å²) in [4.78, 5) is 5.88. The van der Waals surface area contributed by atoms with E-state index in [-0.39, 0.29) is 5.41 Å². The van der Waals surface area contributed by atoms with E-state index in [2.05, 4.69) is 55.3 Å². The maximum atomic E-state index is 4.56. The van der Waals surface area contributed by atoms with Gasteiger partial charge in [0, 0.05) is 29.2 Å². The summed E-state index contributed by atoms with van der Waals surface area (Å²) >= 11 is 1.80. The zero-order chi connectivity index (χ0) is 14.2. The molecule has 1 heterocycles. The fourth-order valence-corrected chi connectivity index (χ4v) is 3.04. The molecule has 2 aromatic rings. The van der Waals surface area contributed by atoms with Crippen LogP contribution in [-0.4, -0.2) is 11.0 Å². The number of thiazole rings is 1. The standard InChI is InChI=1S/C17H22N2S/c1-17(2,3)13-6-4-12(5-7-13)16-19-11-15(20-16)10-18-14-8-9-14/h4-7,11,14,18H,8-10H2,1-3H3. The van der Waals surface area contributed by atoms with Crippen molar-refractivity contribution in [1.29, 1.82) is 0 Å². The Balaban J connectivity index is 1.71. The summed E-state index contributed by atoms with van der Waals surface area (Å²) in [5.41, 5.74) is 2.80. The first-order valence-corrected chi connectivity index (χ1v) is 8.13. The molecule has 1 aromatic carbocycles. The van der Waals surface area contributed by atoms with E-state index in [1.807, 2.05) is 6.20 Å². The molecule has 0 spiro atoms. The maximum Gasteiger partial charge on any atom is 0.123 e. The summed E-state index contributed by atoms with van der Waals surface area (Å²) in [6.45, 7) is 7.69. The van der Waals surface area contributed by atoms with E-state index in [1.165, 1.54) is 28.8 Å². The van der Waals surface area contributed by atoms with Gasteiger partial charge in [0.1, 0.15) is 5.01 Å². The monoisotopic (exact) mass is 286 g/mol. The van der Waals surface area contributed by atoms with Gasteiger partial charge in [-0.3, -0.25) is 0 Å². The lowest BCUT2D eigenvalue weighted by Gasteiger charge is -2.18. The van der Waals surface area contributed by atoms with Gasteiger partial charge in [-0.15, -0.1) is 11.3 Å². The van der Waals surface area contributed by atoms with E-state index in [9.17, 15) is 0 Å². The van der Waals surface area contributed by atoms with Crippen molar-refractivity contribution < 1.29 is 0 Å². The summed E-state index contributed by atoms with van der Waals surface area (Å²) in [5.74, 6) is 0. The average molecular weight is 286 g/mol. The molecular weight excluding hydrogens is 264 g/mol. The number of aromatic nitrogens is 1. The molecule has 20 heavy (non-hydrogen) atoms.